The number of halogens is 1. The van der Waals surface area contributed by atoms with E-state index in [4.69, 9.17) is 16.3 Å². The molecule has 1 aromatic heterocycles. The summed E-state index contributed by atoms with van der Waals surface area (Å²) in [5, 5.41) is 2.77. The Morgan fingerprint density at radius 1 is 1.28 bits per heavy atom. The van der Waals surface area contributed by atoms with Crippen LogP contribution in [0.2, 0.25) is 5.02 Å². The van der Waals surface area contributed by atoms with Crippen molar-refractivity contribution >= 4 is 63.4 Å². The summed E-state index contributed by atoms with van der Waals surface area (Å²) in [6, 6.07) is 9.14. The van der Waals surface area contributed by atoms with E-state index < -0.39 is 0 Å². The second-order valence-corrected chi connectivity index (χ2v) is 10.0. The lowest BCUT2D eigenvalue weighted by atomic mass is 10.2. The molecule has 0 saturated heterocycles. The third kappa shape index (κ3) is 5.36. The van der Waals surface area contributed by atoms with Crippen LogP contribution in [0.5, 0.6) is 5.75 Å². The smallest absolute Gasteiger partial charge is 0.283 e. The minimum atomic E-state index is -0.265. The van der Waals surface area contributed by atoms with Gasteiger partial charge in [-0.05, 0) is 63.4 Å². The second kappa shape index (κ2) is 10.6. The molecule has 1 aliphatic rings. The van der Waals surface area contributed by atoms with Crippen LogP contribution < -0.4 is 9.64 Å². The average Bonchev–Trinajstić information content (AvgIpc) is 3.34. The number of carbonyl (C=O) groups excluding carboxylic acids is 2. The first-order chi connectivity index (χ1) is 15.2. The highest BCUT2D eigenvalue weighted by Crippen LogP contribution is 2.34. The van der Waals surface area contributed by atoms with E-state index in [1.165, 1.54) is 35.1 Å². The first kappa shape index (κ1) is 24.4. The summed E-state index contributed by atoms with van der Waals surface area (Å²) in [6.45, 7) is 7.97. The van der Waals surface area contributed by atoms with Crippen LogP contribution in [0.4, 0.5) is 5.69 Å². The molecule has 0 unspecified atom stereocenters. The summed E-state index contributed by atoms with van der Waals surface area (Å²) < 4.78 is 5.23. The number of aliphatic imine (C=N–C) groups is 1. The molecular formula is C23H26ClN3O3S2. The predicted molar refractivity (Wildman–Crippen MR) is 135 cm³/mol. The molecule has 0 N–H and O–H groups in total. The number of methoxy groups -OCH3 is 1. The van der Waals surface area contributed by atoms with E-state index >= 15 is 0 Å². The molecule has 32 heavy (non-hydrogen) atoms. The SMILES string of the molecule is COc1ccc(N2C(=O)/C(=C\c3cccs3)N=C2SCC(=O)N(C(C)C)C(C)C)cc1Cl. The van der Waals surface area contributed by atoms with Crippen molar-refractivity contribution in [1.82, 2.24) is 4.90 Å². The van der Waals surface area contributed by atoms with Crippen molar-refractivity contribution in [2.45, 2.75) is 39.8 Å². The number of amides is 2. The molecule has 2 amide bonds. The highest BCUT2D eigenvalue weighted by molar-refractivity contribution is 8.14. The van der Waals surface area contributed by atoms with E-state index in [0.29, 0.717) is 27.3 Å². The molecule has 2 heterocycles. The van der Waals surface area contributed by atoms with E-state index in [2.05, 4.69) is 4.99 Å². The van der Waals surface area contributed by atoms with Gasteiger partial charge in [0.15, 0.2) is 5.17 Å². The van der Waals surface area contributed by atoms with Gasteiger partial charge in [-0.15, -0.1) is 11.3 Å². The first-order valence-corrected chi connectivity index (χ1v) is 12.4. The van der Waals surface area contributed by atoms with Gasteiger partial charge < -0.3 is 9.64 Å². The van der Waals surface area contributed by atoms with E-state index in [1.807, 2.05) is 50.1 Å². The molecule has 1 aromatic carbocycles. The van der Waals surface area contributed by atoms with E-state index in [9.17, 15) is 9.59 Å². The van der Waals surface area contributed by atoms with Crippen LogP contribution in [0.3, 0.4) is 0 Å². The van der Waals surface area contributed by atoms with Crippen LogP contribution in [-0.2, 0) is 9.59 Å². The number of nitrogens with zero attached hydrogens (tertiary/aromatic N) is 3. The van der Waals surface area contributed by atoms with Gasteiger partial charge in [-0.2, -0.15) is 0 Å². The molecule has 6 nitrogen and oxygen atoms in total. The van der Waals surface area contributed by atoms with Gasteiger partial charge in [-0.3, -0.25) is 14.5 Å². The van der Waals surface area contributed by atoms with Crippen LogP contribution in [0.25, 0.3) is 6.08 Å². The Hall–Kier alpha value is -2.29. The van der Waals surface area contributed by atoms with E-state index in [0.717, 1.165) is 4.88 Å². The third-order valence-electron chi connectivity index (χ3n) is 4.77. The van der Waals surface area contributed by atoms with Crippen molar-refractivity contribution < 1.29 is 14.3 Å². The summed E-state index contributed by atoms with van der Waals surface area (Å²) in [6.07, 6.45) is 1.76. The molecule has 0 atom stereocenters. The minimum absolute atomic E-state index is 0.00134. The molecule has 2 aromatic rings. The highest BCUT2D eigenvalue weighted by atomic mass is 35.5. The summed E-state index contributed by atoms with van der Waals surface area (Å²) in [5.41, 5.74) is 0.887. The van der Waals surface area contributed by atoms with Crippen LogP contribution >= 0.6 is 34.7 Å². The first-order valence-electron chi connectivity index (χ1n) is 10.2. The molecule has 170 valence electrons. The second-order valence-electron chi connectivity index (χ2n) is 7.68. The Kier molecular flexibility index (Phi) is 8.03. The minimum Gasteiger partial charge on any atom is -0.495 e. The molecule has 0 spiro atoms. The maximum Gasteiger partial charge on any atom is 0.283 e. The monoisotopic (exact) mass is 491 g/mol. The number of ether oxygens (including phenoxy) is 1. The normalized spacial score (nSPS) is 15.1. The lowest BCUT2D eigenvalue weighted by Crippen LogP contribution is -2.43. The van der Waals surface area contributed by atoms with Gasteiger partial charge in [0.2, 0.25) is 5.91 Å². The maximum atomic E-state index is 13.3. The van der Waals surface area contributed by atoms with Crippen molar-refractivity contribution in [1.29, 1.82) is 0 Å². The molecule has 3 rings (SSSR count). The zero-order valence-corrected chi connectivity index (χ0v) is 21.1. The molecule has 0 bridgehead atoms. The summed E-state index contributed by atoms with van der Waals surface area (Å²) in [7, 11) is 1.54. The fourth-order valence-corrected chi connectivity index (χ4v) is 5.28. The van der Waals surface area contributed by atoms with Crippen molar-refractivity contribution in [2.24, 2.45) is 4.99 Å². The Morgan fingerprint density at radius 3 is 2.56 bits per heavy atom. The Balaban J connectivity index is 1.92. The fraction of sp³-hybridized carbons (Fsp3) is 0.348. The van der Waals surface area contributed by atoms with Crippen LogP contribution in [0, 0.1) is 0 Å². The van der Waals surface area contributed by atoms with Gasteiger partial charge >= 0.3 is 0 Å². The standard InChI is InChI=1S/C23H26ClN3O3S2/c1-14(2)26(15(3)4)21(28)13-32-23-25-19(12-17-7-6-10-31-17)22(29)27(23)16-8-9-20(30-5)18(24)11-16/h6-12,14-15H,13H2,1-5H3/b19-12+. The Morgan fingerprint density at radius 2 is 2.00 bits per heavy atom. The molecule has 1 aliphatic heterocycles. The summed E-state index contributed by atoms with van der Waals surface area (Å²) >= 11 is 9.08. The van der Waals surface area contributed by atoms with Gasteiger partial charge in [-0.1, -0.05) is 29.4 Å². The van der Waals surface area contributed by atoms with Gasteiger partial charge in [0.25, 0.3) is 5.91 Å². The fourth-order valence-electron chi connectivity index (χ4n) is 3.50. The lowest BCUT2D eigenvalue weighted by molar-refractivity contribution is -0.131. The zero-order valence-electron chi connectivity index (χ0n) is 18.7. The Bertz CT molecular complexity index is 1040. The van der Waals surface area contributed by atoms with E-state index in [-0.39, 0.29) is 29.7 Å². The molecule has 0 saturated carbocycles. The van der Waals surface area contributed by atoms with Gasteiger partial charge in [0, 0.05) is 17.0 Å². The number of carbonyl (C=O) groups is 2. The number of benzene rings is 1. The van der Waals surface area contributed by atoms with Crippen molar-refractivity contribution in [3.05, 3.63) is 51.3 Å². The van der Waals surface area contributed by atoms with Crippen LogP contribution in [0.15, 0.2) is 46.4 Å². The Labute approximate surface area is 201 Å². The third-order valence-corrected chi connectivity index (χ3v) is 6.81. The zero-order chi connectivity index (χ0) is 23.4. The number of thiophene rings is 1. The number of anilines is 1. The average molecular weight is 492 g/mol. The van der Waals surface area contributed by atoms with E-state index in [1.54, 1.807) is 24.3 Å². The molecule has 0 radical (unpaired) electrons. The topological polar surface area (TPSA) is 62.2 Å². The van der Waals surface area contributed by atoms with Crippen LogP contribution in [0.1, 0.15) is 32.6 Å². The summed E-state index contributed by atoms with van der Waals surface area (Å²) in [5.74, 6) is 0.426. The van der Waals surface area contributed by atoms with Crippen LogP contribution in [-0.4, -0.2) is 46.8 Å². The maximum absolute atomic E-state index is 13.3. The van der Waals surface area contributed by atoms with Gasteiger partial charge in [0.1, 0.15) is 11.4 Å². The lowest BCUT2D eigenvalue weighted by Gasteiger charge is -2.31. The number of hydrogen-bond donors (Lipinski definition) is 0. The molecule has 0 aliphatic carbocycles. The quantitative estimate of drug-likeness (QED) is 0.477. The number of rotatable bonds is 7. The summed E-state index contributed by atoms with van der Waals surface area (Å²) in [4.78, 5) is 35.0. The van der Waals surface area contributed by atoms with Crippen molar-refractivity contribution in [2.75, 3.05) is 17.8 Å². The largest absolute Gasteiger partial charge is 0.495 e. The van der Waals surface area contributed by atoms with Crippen molar-refractivity contribution in [3.8, 4) is 5.75 Å². The number of amidine groups is 1. The molecular weight excluding hydrogens is 466 g/mol. The highest BCUT2D eigenvalue weighted by Gasteiger charge is 2.33. The van der Waals surface area contributed by atoms with Crippen molar-refractivity contribution in [3.63, 3.8) is 0 Å². The van der Waals surface area contributed by atoms with Gasteiger partial charge in [0.05, 0.1) is 23.6 Å². The molecule has 0 fully saturated rings. The van der Waals surface area contributed by atoms with Gasteiger partial charge in [-0.25, -0.2) is 4.99 Å². The molecule has 9 heteroatoms. The number of hydrogen-bond acceptors (Lipinski definition) is 6. The predicted octanol–water partition coefficient (Wildman–Crippen LogP) is 5.53. The number of thioether (sulfide) groups is 1.